The van der Waals surface area contributed by atoms with E-state index in [4.69, 9.17) is 0 Å². The van der Waals surface area contributed by atoms with Crippen molar-refractivity contribution in [3.05, 3.63) is 0 Å². The lowest BCUT2D eigenvalue weighted by molar-refractivity contribution is 0.190. The van der Waals surface area contributed by atoms with Gasteiger partial charge in [0, 0.05) is 25.2 Å². The highest BCUT2D eigenvalue weighted by Gasteiger charge is 2.29. The Morgan fingerprint density at radius 3 is 2.61 bits per heavy atom. The number of rotatable bonds is 6. The molecule has 1 N–H and O–H groups in total. The molecule has 1 fully saturated rings. The van der Waals surface area contributed by atoms with E-state index in [2.05, 4.69) is 37.9 Å². The van der Waals surface area contributed by atoms with E-state index in [1.165, 1.54) is 0 Å². The summed E-state index contributed by atoms with van der Waals surface area (Å²) in [5.41, 5.74) is 0. The van der Waals surface area contributed by atoms with Crippen LogP contribution in [-0.4, -0.2) is 54.1 Å². The van der Waals surface area contributed by atoms with E-state index in [0.717, 1.165) is 45.4 Å². The monoisotopic (exact) mass is 255 g/mol. The average Bonchev–Trinajstić information content (AvgIpc) is 2.80. The number of likely N-dealkylation sites (tertiary alicyclic amines) is 1. The van der Waals surface area contributed by atoms with Gasteiger partial charge in [-0.05, 0) is 32.9 Å². The molecule has 1 aliphatic rings. The Balaban J connectivity index is 2.38. The standard InChI is InChI=1S/C14H29N3O/c1-5-8-12(4)15-14(18)17-10-9-13(11-17)16(6-2)7-3/h12-13H,5-11H2,1-4H3,(H,15,18). The first-order valence-electron chi connectivity index (χ1n) is 7.41. The van der Waals surface area contributed by atoms with Crippen LogP contribution in [0.1, 0.15) is 47.0 Å². The number of nitrogens with zero attached hydrogens (tertiary/aromatic N) is 2. The van der Waals surface area contributed by atoms with Crippen molar-refractivity contribution >= 4 is 6.03 Å². The van der Waals surface area contributed by atoms with Gasteiger partial charge in [0.1, 0.15) is 0 Å². The Kier molecular flexibility index (Phi) is 6.47. The highest BCUT2D eigenvalue weighted by molar-refractivity contribution is 5.74. The van der Waals surface area contributed by atoms with Crippen LogP contribution >= 0.6 is 0 Å². The van der Waals surface area contributed by atoms with Gasteiger partial charge in [0.15, 0.2) is 0 Å². The van der Waals surface area contributed by atoms with Gasteiger partial charge in [-0.3, -0.25) is 4.90 Å². The number of carbonyl (C=O) groups excluding carboxylic acids is 1. The summed E-state index contributed by atoms with van der Waals surface area (Å²) in [6.45, 7) is 12.5. The first kappa shape index (κ1) is 15.3. The Morgan fingerprint density at radius 2 is 2.06 bits per heavy atom. The zero-order valence-corrected chi connectivity index (χ0v) is 12.4. The zero-order valence-electron chi connectivity index (χ0n) is 12.4. The van der Waals surface area contributed by atoms with Gasteiger partial charge in [-0.1, -0.05) is 27.2 Å². The molecule has 0 radical (unpaired) electrons. The van der Waals surface area contributed by atoms with Gasteiger partial charge in [0.2, 0.25) is 0 Å². The number of urea groups is 1. The maximum absolute atomic E-state index is 12.1. The number of carbonyl (C=O) groups is 1. The molecular formula is C14H29N3O. The van der Waals surface area contributed by atoms with Gasteiger partial charge in [0.25, 0.3) is 0 Å². The molecule has 0 bridgehead atoms. The third-order valence-electron chi connectivity index (χ3n) is 3.87. The van der Waals surface area contributed by atoms with Crippen molar-refractivity contribution in [2.75, 3.05) is 26.2 Å². The highest BCUT2D eigenvalue weighted by atomic mass is 16.2. The van der Waals surface area contributed by atoms with Gasteiger partial charge in [-0.2, -0.15) is 0 Å². The van der Waals surface area contributed by atoms with Gasteiger partial charge < -0.3 is 10.2 Å². The first-order chi connectivity index (χ1) is 8.62. The first-order valence-corrected chi connectivity index (χ1v) is 7.41. The largest absolute Gasteiger partial charge is 0.336 e. The van der Waals surface area contributed by atoms with Crippen LogP contribution < -0.4 is 5.32 Å². The molecular weight excluding hydrogens is 226 g/mol. The molecule has 4 nitrogen and oxygen atoms in total. The molecule has 1 aliphatic heterocycles. The summed E-state index contributed by atoms with van der Waals surface area (Å²) >= 11 is 0. The van der Waals surface area contributed by atoms with Crippen LogP contribution in [0.25, 0.3) is 0 Å². The minimum atomic E-state index is 0.116. The van der Waals surface area contributed by atoms with E-state index >= 15 is 0 Å². The smallest absolute Gasteiger partial charge is 0.317 e. The molecule has 1 rings (SSSR count). The lowest BCUT2D eigenvalue weighted by Gasteiger charge is -2.26. The van der Waals surface area contributed by atoms with Gasteiger partial charge >= 0.3 is 6.03 Å². The molecule has 0 saturated carbocycles. The molecule has 1 saturated heterocycles. The number of nitrogens with one attached hydrogen (secondary N) is 1. The molecule has 2 unspecified atom stereocenters. The molecule has 106 valence electrons. The number of hydrogen-bond donors (Lipinski definition) is 1. The van der Waals surface area contributed by atoms with Crippen LogP contribution in [0.4, 0.5) is 4.79 Å². The van der Waals surface area contributed by atoms with Crippen LogP contribution in [0.3, 0.4) is 0 Å². The number of likely N-dealkylation sites (N-methyl/N-ethyl adjacent to an activating group) is 1. The molecule has 4 heteroatoms. The van der Waals surface area contributed by atoms with Gasteiger partial charge in [0.05, 0.1) is 0 Å². The van der Waals surface area contributed by atoms with E-state index < -0.39 is 0 Å². The molecule has 0 aromatic carbocycles. The second-order valence-electron chi connectivity index (χ2n) is 5.25. The van der Waals surface area contributed by atoms with Gasteiger partial charge in [-0.15, -0.1) is 0 Å². The fourth-order valence-electron chi connectivity index (χ4n) is 2.77. The summed E-state index contributed by atoms with van der Waals surface area (Å²) in [5.74, 6) is 0. The number of hydrogen-bond acceptors (Lipinski definition) is 2. The van der Waals surface area contributed by atoms with Crippen LogP contribution in [0.2, 0.25) is 0 Å². The molecule has 18 heavy (non-hydrogen) atoms. The van der Waals surface area contributed by atoms with E-state index in [1.807, 2.05) is 4.90 Å². The highest BCUT2D eigenvalue weighted by Crippen LogP contribution is 2.15. The van der Waals surface area contributed by atoms with Crippen molar-refractivity contribution in [1.82, 2.24) is 15.1 Å². The van der Waals surface area contributed by atoms with Crippen molar-refractivity contribution in [2.24, 2.45) is 0 Å². The molecule has 2 atom stereocenters. The second kappa shape index (κ2) is 7.62. The summed E-state index contributed by atoms with van der Waals surface area (Å²) in [6, 6.07) is 0.952. The minimum absolute atomic E-state index is 0.116. The Morgan fingerprint density at radius 1 is 1.39 bits per heavy atom. The Hall–Kier alpha value is -0.770. The number of amides is 2. The predicted molar refractivity (Wildman–Crippen MR) is 75.8 cm³/mol. The summed E-state index contributed by atoms with van der Waals surface area (Å²) in [4.78, 5) is 16.5. The van der Waals surface area contributed by atoms with E-state index in [1.54, 1.807) is 0 Å². The molecule has 0 spiro atoms. The summed E-state index contributed by atoms with van der Waals surface area (Å²) in [7, 11) is 0. The molecule has 1 heterocycles. The maximum Gasteiger partial charge on any atom is 0.317 e. The minimum Gasteiger partial charge on any atom is -0.336 e. The van der Waals surface area contributed by atoms with Crippen molar-refractivity contribution < 1.29 is 4.79 Å². The summed E-state index contributed by atoms with van der Waals surface area (Å²) < 4.78 is 0. The van der Waals surface area contributed by atoms with Crippen molar-refractivity contribution in [2.45, 2.75) is 59.0 Å². The SMILES string of the molecule is CCCC(C)NC(=O)N1CCC(N(CC)CC)C1. The molecule has 2 amide bonds. The summed E-state index contributed by atoms with van der Waals surface area (Å²) in [5, 5.41) is 3.09. The van der Waals surface area contributed by atoms with E-state index in [9.17, 15) is 4.79 Å². The fraction of sp³-hybridized carbons (Fsp3) is 0.929. The van der Waals surface area contributed by atoms with Crippen LogP contribution in [0.15, 0.2) is 0 Å². The van der Waals surface area contributed by atoms with Crippen molar-refractivity contribution in [3.8, 4) is 0 Å². The quantitative estimate of drug-likeness (QED) is 0.790. The second-order valence-corrected chi connectivity index (χ2v) is 5.25. The average molecular weight is 255 g/mol. The third kappa shape index (κ3) is 4.16. The molecule has 0 aromatic heterocycles. The molecule has 0 aromatic rings. The van der Waals surface area contributed by atoms with Gasteiger partial charge in [-0.25, -0.2) is 4.79 Å². The Labute approximate surface area is 112 Å². The topological polar surface area (TPSA) is 35.6 Å². The van der Waals surface area contributed by atoms with Crippen molar-refractivity contribution in [3.63, 3.8) is 0 Å². The van der Waals surface area contributed by atoms with Crippen LogP contribution in [0.5, 0.6) is 0 Å². The van der Waals surface area contributed by atoms with Crippen LogP contribution in [-0.2, 0) is 0 Å². The fourth-order valence-corrected chi connectivity index (χ4v) is 2.77. The third-order valence-corrected chi connectivity index (χ3v) is 3.87. The lowest BCUT2D eigenvalue weighted by atomic mass is 10.2. The maximum atomic E-state index is 12.1. The Bertz CT molecular complexity index is 253. The zero-order chi connectivity index (χ0) is 13.5. The molecule has 0 aliphatic carbocycles. The predicted octanol–water partition coefficient (Wildman–Crippen LogP) is 2.30. The summed E-state index contributed by atoms with van der Waals surface area (Å²) in [6.07, 6.45) is 3.28. The lowest BCUT2D eigenvalue weighted by Crippen LogP contribution is -2.44. The van der Waals surface area contributed by atoms with E-state index in [0.29, 0.717) is 6.04 Å². The normalized spacial score (nSPS) is 21.4. The van der Waals surface area contributed by atoms with Crippen molar-refractivity contribution in [1.29, 1.82) is 0 Å². The van der Waals surface area contributed by atoms with Crippen LogP contribution in [0, 0.1) is 0 Å². The van der Waals surface area contributed by atoms with E-state index in [-0.39, 0.29) is 12.1 Å².